The van der Waals surface area contributed by atoms with Crippen molar-refractivity contribution in [1.29, 1.82) is 0 Å². The lowest BCUT2D eigenvalue weighted by atomic mass is 10.1. The maximum atomic E-state index is 13.3. The second-order valence-electron chi connectivity index (χ2n) is 6.09. The average molecular weight is 336 g/mol. The average Bonchev–Trinajstić information content (AvgIpc) is 3.15. The van der Waals surface area contributed by atoms with Gasteiger partial charge in [0.25, 0.3) is 5.91 Å². The van der Waals surface area contributed by atoms with Crippen LogP contribution in [0.15, 0.2) is 48.8 Å². The molecule has 1 aliphatic rings. The Hall–Kier alpha value is -3.02. The summed E-state index contributed by atoms with van der Waals surface area (Å²) in [5.41, 5.74) is 1.67. The molecule has 0 atom stereocenters. The van der Waals surface area contributed by atoms with E-state index in [0.717, 1.165) is 29.8 Å². The summed E-state index contributed by atoms with van der Waals surface area (Å²) in [5, 5.41) is 3.75. The van der Waals surface area contributed by atoms with Crippen molar-refractivity contribution < 1.29 is 9.18 Å². The zero-order valence-electron chi connectivity index (χ0n) is 13.6. The third-order valence-corrected chi connectivity index (χ3v) is 4.37. The van der Waals surface area contributed by atoms with Crippen molar-refractivity contribution in [2.45, 2.75) is 12.8 Å². The van der Waals surface area contributed by atoms with Crippen molar-refractivity contribution in [3.63, 3.8) is 0 Å². The molecular weight excluding hydrogens is 319 g/mol. The van der Waals surface area contributed by atoms with Crippen molar-refractivity contribution in [1.82, 2.24) is 9.97 Å². The predicted octanol–water partition coefficient (Wildman–Crippen LogP) is 3.62. The molecule has 1 saturated heterocycles. The molecule has 1 N–H and O–H groups in total. The van der Waals surface area contributed by atoms with Crippen LogP contribution in [-0.2, 0) is 0 Å². The fourth-order valence-corrected chi connectivity index (χ4v) is 3.13. The van der Waals surface area contributed by atoms with Gasteiger partial charge >= 0.3 is 0 Å². The summed E-state index contributed by atoms with van der Waals surface area (Å²) in [6.07, 6.45) is 3.90. The molecule has 2 heterocycles. The first-order valence-electron chi connectivity index (χ1n) is 8.27. The number of hydrogen-bond donors (Lipinski definition) is 1. The normalized spacial score (nSPS) is 14.0. The molecular formula is C19H17FN4O. The van der Waals surface area contributed by atoms with Crippen molar-refractivity contribution >= 4 is 28.3 Å². The molecule has 1 fully saturated rings. The van der Waals surface area contributed by atoms with Crippen LogP contribution in [0, 0.1) is 5.82 Å². The van der Waals surface area contributed by atoms with Gasteiger partial charge in [-0.05, 0) is 49.2 Å². The summed E-state index contributed by atoms with van der Waals surface area (Å²) in [5.74, 6) is 0.146. The summed E-state index contributed by atoms with van der Waals surface area (Å²) in [6, 6.07) is 11.2. The number of hydrogen-bond acceptors (Lipinski definition) is 4. The molecule has 0 unspecified atom stereocenters. The fourth-order valence-electron chi connectivity index (χ4n) is 3.13. The maximum Gasteiger partial charge on any atom is 0.255 e. The Morgan fingerprint density at radius 2 is 1.92 bits per heavy atom. The van der Waals surface area contributed by atoms with Gasteiger partial charge in [-0.1, -0.05) is 6.07 Å². The number of fused-ring (bicyclic) bond motifs is 1. The first-order valence-corrected chi connectivity index (χ1v) is 8.27. The van der Waals surface area contributed by atoms with Gasteiger partial charge in [-0.25, -0.2) is 14.4 Å². The number of anilines is 2. The Morgan fingerprint density at radius 3 is 2.72 bits per heavy atom. The van der Waals surface area contributed by atoms with Crippen LogP contribution in [0.1, 0.15) is 23.2 Å². The van der Waals surface area contributed by atoms with Gasteiger partial charge in [0.15, 0.2) is 0 Å². The standard InChI is InChI=1S/C19H17FN4O/c20-14-5-3-4-13(10-14)19(25)23-15-6-7-16-17(11-15)21-12-22-18(16)24-8-1-2-9-24/h3-7,10-12H,1-2,8-9H2,(H,23,25). The number of nitrogens with zero attached hydrogens (tertiary/aromatic N) is 3. The minimum Gasteiger partial charge on any atom is -0.356 e. The number of halogens is 1. The fraction of sp³-hybridized carbons (Fsp3) is 0.211. The Kier molecular flexibility index (Phi) is 4.01. The van der Waals surface area contributed by atoms with E-state index in [0.29, 0.717) is 5.69 Å². The summed E-state index contributed by atoms with van der Waals surface area (Å²) < 4.78 is 13.3. The zero-order chi connectivity index (χ0) is 17.2. The summed E-state index contributed by atoms with van der Waals surface area (Å²) in [7, 11) is 0. The monoisotopic (exact) mass is 336 g/mol. The molecule has 0 spiro atoms. The molecule has 0 saturated carbocycles. The summed E-state index contributed by atoms with van der Waals surface area (Å²) in [6.45, 7) is 2.01. The van der Waals surface area contributed by atoms with E-state index in [4.69, 9.17) is 0 Å². The SMILES string of the molecule is O=C(Nc1ccc2c(N3CCCC3)ncnc2c1)c1cccc(F)c1. The molecule has 4 rings (SSSR count). The van der Waals surface area contributed by atoms with Gasteiger partial charge < -0.3 is 10.2 Å². The number of aromatic nitrogens is 2. The van der Waals surface area contributed by atoms with Crippen LogP contribution in [-0.4, -0.2) is 29.0 Å². The van der Waals surface area contributed by atoms with Crippen LogP contribution in [0.5, 0.6) is 0 Å². The number of amides is 1. The van der Waals surface area contributed by atoms with Crippen LogP contribution in [0.2, 0.25) is 0 Å². The number of carbonyl (C=O) groups is 1. The molecule has 1 aliphatic heterocycles. The van der Waals surface area contributed by atoms with Crippen LogP contribution in [0.3, 0.4) is 0 Å². The van der Waals surface area contributed by atoms with E-state index in [2.05, 4.69) is 20.2 Å². The molecule has 5 nitrogen and oxygen atoms in total. The number of rotatable bonds is 3. The highest BCUT2D eigenvalue weighted by Crippen LogP contribution is 2.27. The molecule has 1 amide bonds. The van der Waals surface area contributed by atoms with E-state index in [-0.39, 0.29) is 11.5 Å². The maximum absolute atomic E-state index is 13.3. The van der Waals surface area contributed by atoms with E-state index in [9.17, 15) is 9.18 Å². The highest BCUT2D eigenvalue weighted by molar-refractivity contribution is 6.05. The molecule has 0 aliphatic carbocycles. The smallest absolute Gasteiger partial charge is 0.255 e. The zero-order valence-corrected chi connectivity index (χ0v) is 13.6. The Bertz CT molecular complexity index is 938. The molecule has 1 aromatic heterocycles. The molecule has 2 aromatic carbocycles. The lowest BCUT2D eigenvalue weighted by Gasteiger charge is -2.18. The Balaban J connectivity index is 1.62. The van der Waals surface area contributed by atoms with Gasteiger partial charge in [0.1, 0.15) is 18.0 Å². The first kappa shape index (κ1) is 15.5. The third-order valence-electron chi connectivity index (χ3n) is 4.37. The highest BCUT2D eigenvalue weighted by Gasteiger charge is 2.17. The van der Waals surface area contributed by atoms with Crippen LogP contribution < -0.4 is 10.2 Å². The van der Waals surface area contributed by atoms with E-state index in [1.807, 2.05) is 18.2 Å². The van der Waals surface area contributed by atoms with E-state index >= 15 is 0 Å². The van der Waals surface area contributed by atoms with Crippen molar-refractivity contribution in [2.75, 3.05) is 23.3 Å². The quantitative estimate of drug-likeness (QED) is 0.794. The van der Waals surface area contributed by atoms with Crippen molar-refractivity contribution in [2.24, 2.45) is 0 Å². The van der Waals surface area contributed by atoms with Gasteiger partial charge in [0, 0.05) is 29.7 Å². The topological polar surface area (TPSA) is 58.1 Å². The minimum absolute atomic E-state index is 0.278. The number of benzene rings is 2. The molecule has 126 valence electrons. The van der Waals surface area contributed by atoms with Crippen LogP contribution in [0.25, 0.3) is 10.9 Å². The molecule has 0 radical (unpaired) electrons. The van der Waals surface area contributed by atoms with Gasteiger partial charge in [-0.3, -0.25) is 4.79 Å². The third kappa shape index (κ3) is 3.15. The Morgan fingerprint density at radius 1 is 1.08 bits per heavy atom. The van der Waals surface area contributed by atoms with Crippen LogP contribution >= 0.6 is 0 Å². The summed E-state index contributed by atoms with van der Waals surface area (Å²) in [4.78, 5) is 23.3. The number of carbonyl (C=O) groups excluding carboxylic acids is 1. The second kappa shape index (κ2) is 6.47. The molecule has 0 bridgehead atoms. The van der Waals surface area contributed by atoms with Gasteiger partial charge in [-0.2, -0.15) is 0 Å². The van der Waals surface area contributed by atoms with Gasteiger partial charge in [0.05, 0.1) is 5.52 Å². The van der Waals surface area contributed by atoms with E-state index in [1.54, 1.807) is 12.4 Å². The van der Waals surface area contributed by atoms with Gasteiger partial charge in [-0.15, -0.1) is 0 Å². The van der Waals surface area contributed by atoms with E-state index in [1.165, 1.54) is 31.0 Å². The van der Waals surface area contributed by atoms with Gasteiger partial charge in [0.2, 0.25) is 0 Å². The largest absolute Gasteiger partial charge is 0.356 e. The van der Waals surface area contributed by atoms with Crippen molar-refractivity contribution in [3.05, 3.63) is 60.2 Å². The first-order chi connectivity index (χ1) is 12.2. The second-order valence-corrected chi connectivity index (χ2v) is 6.09. The minimum atomic E-state index is -0.436. The Labute approximate surface area is 144 Å². The molecule has 3 aromatic rings. The molecule has 25 heavy (non-hydrogen) atoms. The summed E-state index contributed by atoms with van der Waals surface area (Å²) >= 11 is 0. The molecule has 6 heteroatoms. The lowest BCUT2D eigenvalue weighted by molar-refractivity contribution is 0.102. The predicted molar refractivity (Wildman–Crippen MR) is 95.3 cm³/mol. The van der Waals surface area contributed by atoms with E-state index < -0.39 is 5.82 Å². The van der Waals surface area contributed by atoms with Crippen LogP contribution in [0.4, 0.5) is 15.9 Å². The lowest BCUT2D eigenvalue weighted by Crippen LogP contribution is -2.19. The highest BCUT2D eigenvalue weighted by atomic mass is 19.1. The van der Waals surface area contributed by atoms with Crippen molar-refractivity contribution in [3.8, 4) is 0 Å². The number of nitrogens with one attached hydrogen (secondary N) is 1.